The number of benzene rings is 6. The molecule has 6 amide bonds. The van der Waals surface area contributed by atoms with Gasteiger partial charge in [-0.05, 0) is 108 Å². The fourth-order valence-electron chi connectivity index (χ4n) is 14.1. The fraction of sp³-hybridized carbons (Fsp3) is 0.459. The second-order valence-corrected chi connectivity index (χ2v) is 27.9. The summed E-state index contributed by atoms with van der Waals surface area (Å²) in [5.74, 6) is -6.69. The zero-order chi connectivity index (χ0) is 85.2. The van der Waals surface area contributed by atoms with E-state index in [0.29, 0.717) is 56.4 Å². The Balaban J connectivity index is 0.743. The number of rotatable bonds is 47. The molecule has 10 N–H and O–H groups in total. The fourth-order valence-corrected chi connectivity index (χ4v) is 14.1. The van der Waals surface area contributed by atoms with Crippen LogP contribution < -0.4 is 51.7 Å². The minimum atomic E-state index is -1.41. The summed E-state index contributed by atoms with van der Waals surface area (Å²) in [5, 5.41) is 31.2. The van der Waals surface area contributed by atoms with Crippen LogP contribution in [0.5, 0.6) is 23.0 Å². The SMILES string of the molecule is COc1ccc(C(OC[C@@H]2O[C@@H](OCCCNC(=O)CCCNC(=O)OCC(O)COC(=O)NCCCC(=O)NCCCO[C@@H]3O[C@H](COC(c4ccccc4)(c4ccc(OC)cc4)c4ccc(OC)cc4)[C@H](OC(C)=O)[C@H](OC(C)=O)[C@H]3CC(N)=O)[C@H](CC(N)=O)[C@H](OC(C)=O)[C@H]2CC(=O)O)(c2ccccc2)c2ccc(OC)cc2)cc1. The number of aliphatic hydroxyl groups excluding tert-OH is 1. The van der Waals surface area contributed by atoms with Crippen LogP contribution >= 0.6 is 0 Å². The van der Waals surface area contributed by atoms with Crippen LogP contribution in [0.15, 0.2) is 158 Å². The molecule has 2 aliphatic rings. The highest BCUT2D eigenvalue weighted by molar-refractivity contribution is 5.77. The number of hydrogen-bond donors (Lipinski definition) is 8. The summed E-state index contributed by atoms with van der Waals surface area (Å²) in [6.07, 6.45) is -12.7. The van der Waals surface area contributed by atoms with E-state index in [4.69, 9.17) is 82.5 Å². The van der Waals surface area contributed by atoms with E-state index in [1.54, 1.807) is 77.0 Å². The van der Waals surface area contributed by atoms with E-state index in [2.05, 4.69) is 21.3 Å². The quantitative estimate of drug-likeness (QED) is 0.00844. The van der Waals surface area contributed by atoms with Gasteiger partial charge in [-0.1, -0.05) is 109 Å². The third kappa shape index (κ3) is 26.8. The molecule has 0 aliphatic carbocycles. The highest BCUT2D eigenvalue weighted by Crippen LogP contribution is 2.47. The number of aliphatic hydroxyl groups is 1. The summed E-state index contributed by atoms with van der Waals surface area (Å²) < 4.78 is 89.6. The van der Waals surface area contributed by atoms with Crippen molar-refractivity contribution < 1.29 is 129 Å². The number of methoxy groups -OCH3 is 4. The Morgan fingerprint density at radius 3 is 1.10 bits per heavy atom. The highest BCUT2D eigenvalue weighted by Gasteiger charge is 2.54. The van der Waals surface area contributed by atoms with Gasteiger partial charge in [0.25, 0.3) is 0 Å². The molecule has 1 unspecified atom stereocenters. The molecule has 6 aromatic carbocycles. The Morgan fingerprint density at radius 1 is 0.415 bits per heavy atom. The first-order valence-corrected chi connectivity index (χ1v) is 38.6. The van der Waals surface area contributed by atoms with Crippen LogP contribution in [-0.4, -0.2) is 213 Å². The van der Waals surface area contributed by atoms with Gasteiger partial charge in [0.1, 0.15) is 71.8 Å². The number of hydrogen-bond acceptors (Lipinski definition) is 26. The predicted molar refractivity (Wildman–Crippen MR) is 421 cm³/mol. The number of amides is 6. The summed E-state index contributed by atoms with van der Waals surface area (Å²) >= 11 is 0. The van der Waals surface area contributed by atoms with Crippen LogP contribution in [0.2, 0.25) is 0 Å². The summed E-state index contributed by atoms with van der Waals surface area (Å²) in [5.41, 5.74) is 12.8. The molecule has 11 atom stereocenters. The number of nitrogens with two attached hydrogens (primary N) is 2. The van der Waals surface area contributed by atoms with Crippen LogP contribution in [-0.2, 0) is 102 Å². The van der Waals surface area contributed by atoms with E-state index in [1.807, 2.05) is 109 Å². The van der Waals surface area contributed by atoms with Crippen molar-refractivity contribution in [3.8, 4) is 23.0 Å². The molecule has 2 heterocycles. The molecule has 33 nitrogen and oxygen atoms in total. The Morgan fingerprint density at radius 2 is 0.746 bits per heavy atom. The van der Waals surface area contributed by atoms with Crippen LogP contribution in [0.3, 0.4) is 0 Å². The number of primary amides is 2. The number of carbonyl (C=O) groups excluding carboxylic acids is 9. The van der Waals surface area contributed by atoms with Crippen molar-refractivity contribution in [2.45, 2.75) is 139 Å². The van der Waals surface area contributed by atoms with Gasteiger partial charge in [0.15, 0.2) is 18.7 Å². The normalized spacial score (nSPS) is 19.3. The molecule has 2 fully saturated rings. The minimum Gasteiger partial charge on any atom is -0.497 e. The lowest BCUT2D eigenvalue weighted by Gasteiger charge is -2.46. The molecule has 0 spiro atoms. The maximum Gasteiger partial charge on any atom is 0.407 e. The summed E-state index contributed by atoms with van der Waals surface area (Å²) in [4.78, 5) is 127. The molecule has 0 radical (unpaired) electrons. The summed E-state index contributed by atoms with van der Waals surface area (Å²) in [6, 6.07) is 47.8. The van der Waals surface area contributed by atoms with Gasteiger partial charge in [-0.15, -0.1) is 0 Å². The molecular weight excluding hydrogens is 1540 g/mol. The number of aliphatic carboxylic acids is 1. The van der Waals surface area contributed by atoms with Crippen molar-refractivity contribution >= 4 is 59.7 Å². The van der Waals surface area contributed by atoms with Crippen LogP contribution in [0.25, 0.3) is 0 Å². The molecule has 0 bridgehead atoms. The van der Waals surface area contributed by atoms with Gasteiger partial charge in [-0.2, -0.15) is 0 Å². The number of nitrogens with one attached hydrogen (secondary N) is 4. The Bertz CT molecular complexity index is 3840. The molecule has 0 aromatic heterocycles. The number of carboxylic acid groups (broad SMARTS) is 1. The molecule has 118 heavy (non-hydrogen) atoms. The van der Waals surface area contributed by atoms with E-state index in [0.717, 1.165) is 6.92 Å². The monoisotopic (exact) mass is 1640 g/mol. The van der Waals surface area contributed by atoms with Crippen molar-refractivity contribution in [1.82, 2.24) is 21.3 Å². The third-order valence-electron chi connectivity index (χ3n) is 19.6. The van der Waals surface area contributed by atoms with Crippen molar-refractivity contribution in [3.63, 3.8) is 0 Å². The molecule has 2 saturated heterocycles. The molecule has 0 saturated carbocycles. The first-order chi connectivity index (χ1) is 56.8. The number of ether oxygens (including phenoxy) is 15. The van der Waals surface area contributed by atoms with E-state index in [-0.39, 0.29) is 103 Å². The first-order valence-electron chi connectivity index (χ1n) is 38.6. The molecule has 6 aromatic rings. The van der Waals surface area contributed by atoms with E-state index in [1.165, 1.54) is 13.8 Å². The van der Waals surface area contributed by atoms with Crippen LogP contribution in [0, 0.1) is 17.8 Å². The van der Waals surface area contributed by atoms with Crippen LogP contribution in [0.1, 0.15) is 112 Å². The zero-order valence-electron chi connectivity index (χ0n) is 67.1. The second-order valence-electron chi connectivity index (χ2n) is 27.9. The lowest BCUT2D eigenvalue weighted by molar-refractivity contribution is -0.295. The molecule has 638 valence electrons. The molecule has 2 aliphatic heterocycles. The largest absolute Gasteiger partial charge is 0.497 e. The smallest absolute Gasteiger partial charge is 0.407 e. The molecular formula is C85H106N6O27. The lowest BCUT2D eigenvalue weighted by Crippen LogP contribution is -2.60. The van der Waals surface area contributed by atoms with Gasteiger partial charge in [0, 0.05) is 78.6 Å². The maximum absolute atomic E-state index is 12.9. The maximum atomic E-state index is 12.9. The second kappa shape index (κ2) is 46.5. The topological polar surface area (TPSA) is 450 Å². The average Bonchev–Trinajstić information content (AvgIpc) is 0.752. The van der Waals surface area contributed by atoms with Gasteiger partial charge >= 0.3 is 36.1 Å². The summed E-state index contributed by atoms with van der Waals surface area (Å²) in [7, 11) is 6.19. The Kier molecular flexibility index (Phi) is 36.3. The Labute approximate surface area is 683 Å². The van der Waals surface area contributed by atoms with Gasteiger partial charge < -0.3 is 114 Å². The third-order valence-corrected chi connectivity index (χ3v) is 19.6. The zero-order valence-corrected chi connectivity index (χ0v) is 67.1. The van der Waals surface area contributed by atoms with Gasteiger partial charge in [-0.3, -0.25) is 38.4 Å². The van der Waals surface area contributed by atoms with Crippen molar-refractivity contribution in [3.05, 3.63) is 191 Å². The Hall–Kier alpha value is -11.5. The van der Waals surface area contributed by atoms with E-state index >= 15 is 0 Å². The van der Waals surface area contributed by atoms with Crippen LogP contribution in [0.4, 0.5) is 9.59 Å². The van der Waals surface area contributed by atoms with Gasteiger partial charge in [0.05, 0.1) is 79.2 Å². The first kappa shape index (κ1) is 92.1. The van der Waals surface area contributed by atoms with Gasteiger partial charge in [-0.25, -0.2) is 9.59 Å². The van der Waals surface area contributed by atoms with E-state index in [9.17, 15) is 58.2 Å². The van der Waals surface area contributed by atoms with Crippen molar-refractivity contribution in [1.29, 1.82) is 0 Å². The standard InChI is InChI=1S/C85H106N6O27/c1-53(92)114-77-67(48-76(100)101)70(51-112-84(56-18-10-8-11-19-56,58-24-32-63(104-4)33-25-58)59-26-34-64(105-5)35-27-59)117-80(68(77)46-72(86)96)108-44-16-42-88-74(98)22-14-40-90-82(102)110-49-62(95)50-111-83(103)91-41-15-23-75(99)89-43-17-45-109-81-69(47-73(87)97)78(115-54(2)93)79(116-55(3)94)71(118-81)52-113-85(57-20-12-9-13-21-57,60-28-36-65(106-6)37-29-60)61-30-38-66(107-7)39-31-61/h8-13,18-21,24-39,62,67-71,77-81,95H,14-17,22-23,40-52H2,1-7H3,(H2,86,96)(H2,87,97)(H,88,98)(H,89,99)(H,90,102)(H,91,103)(H,100,101)/t62?,67-,68+,69+,70-,71+,77+,78+,79-,80+,81+/m0/s1. The van der Waals surface area contributed by atoms with Crippen molar-refractivity contribution in [2.75, 3.05) is 94.3 Å². The number of esters is 3. The number of alkyl carbamates (subject to hydrolysis) is 2. The lowest BCUT2D eigenvalue weighted by atomic mass is 9.78. The number of carboxylic acids is 1. The molecule has 8 rings (SSSR count). The molecule has 33 heteroatoms. The summed E-state index contributed by atoms with van der Waals surface area (Å²) in [6.45, 7) is 1.92. The number of carbonyl (C=O) groups is 10. The van der Waals surface area contributed by atoms with Gasteiger partial charge in [0.2, 0.25) is 23.6 Å². The highest BCUT2D eigenvalue weighted by atomic mass is 16.7. The van der Waals surface area contributed by atoms with Crippen molar-refractivity contribution in [2.24, 2.45) is 29.2 Å². The average molecular weight is 1640 g/mol. The predicted octanol–water partition coefficient (Wildman–Crippen LogP) is 6.78. The minimum absolute atomic E-state index is 0.00897. The van der Waals surface area contributed by atoms with E-state index < -0.39 is 159 Å².